The van der Waals surface area contributed by atoms with E-state index in [1.165, 1.54) is 4.90 Å². The van der Waals surface area contributed by atoms with Crippen molar-refractivity contribution in [3.8, 4) is 0 Å². The van der Waals surface area contributed by atoms with Crippen molar-refractivity contribution in [1.82, 2.24) is 0 Å². The number of anilines is 1. The highest BCUT2D eigenvalue weighted by atomic mass is 16.3. The molecule has 0 aromatic heterocycles. The first-order valence-electron chi connectivity index (χ1n) is 6.35. The standard InChI is InChI=1S/C15H15NO3/c1-15-9-5-8-11(17)12(15)13(18)16(14(15)19)10-6-3-2-4-7-10/h2-7,9,11-12,17H,8H2,1H3. The first-order chi connectivity index (χ1) is 9.05. The van der Waals surface area contributed by atoms with E-state index < -0.39 is 17.4 Å². The third kappa shape index (κ3) is 1.56. The average Bonchev–Trinajstić information content (AvgIpc) is 2.59. The van der Waals surface area contributed by atoms with E-state index in [-0.39, 0.29) is 11.8 Å². The first-order valence-corrected chi connectivity index (χ1v) is 6.35. The molecule has 98 valence electrons. The fraction of sp³-hybridized carbons (Fsp3) is 0.333. The van der Waals surface area contributed by atoms with Gasteiger partial charge in [0.25, 0.3) is 0 Å². The number of hydrogen-bond donors (Lipinski definition) is 1. The summed E-state index contributed by atoms with van der Waals surface area (Å²) in [6, 6.07) is 8.86. The number of fused-ring (bicyclic) bond motifs is 1. The minimum absolute atomic E-state index is 0.260. The Hall–Kier alpha value is -1.94. The van der Waals surface area contributed by atoms with Crippen LogP contribution in [0.25, 0.3) is 0 Å². The molecule has 4 nitrogen and oxygen atoms in total. The summed E-state index contributed by atoms with van der Waals surface area (Å²) in [6.45, 7) is 1.72. The number of hydrogen-bond acceptors (Lipinski definition) is 3. The van der Waals surface area contributed by atoms with E-state index >= 15 is 0 Å². The minimum atomic E-state index is -0.926. The van der Waals surface area contributed by atoms with Gasteiger partial charge in [-0.2, -0.15) is 0 Å². The van der Waals surface area contributed by atoms with Gasteiger partial charge in [0.1, 0.15) is 0 Å². The highest BCUT2D eigenvalue weighted by molar-refractivity contribution is 6.24. The smallest absolute Gasteiger partial charge is 0.244 e. The van der Waals surface area contributed by atoms with Gasteiger partial charge in [0.15, 0.2) is 0 Å². The number of carbonyl (C=O) groups excluding carboxylic acids is 2. The van der Waals surface area contributed by atoms with Gasteiger partial charge >= 0.3 is 0 Å². The molecule has 3 unspecified atom stereocenters. The molecule has 1 aliphatic heterocycles. The topological polar surface area (TPSA) is 57.6 Å². The summed E-state index contributed by atoms with van der Waals surface area (Å²) in [7, 11) is 0. The van der Waals surface area contributed by atoms with Crippen LogP contribution >= 0.6 is 0 Å². The van der Waals surface area contributed by atoms with Crippen molar-refractivity contribution in [2.24, 2.45) is 11.3 Å². The van der Waals surface area contributed by atoms with Crippen molar-refractivity contribution in [3.05, 3.63) is 42.5 Å². The van der Waals surface area contributed by atoms with Crippen molar-refractivity contribution < 1.29 is 14.7 Å². The fourth-order valence-corrected chi connectivity index (χ4v) is 3.02. The number of benzene rings is 1. The van der Waals surface area contributed by atoms with Gasteiger partial charge in [0.2, 0.25) is 11.8 Å². The molecule has 1 heterocycles. The summed E-state index contributed by atoms with van der Waals surface area (Å²) < 4.78 is 0. The van der Waals surface area contributed by atoms with E-state index in [1.807, 2.05) is 6.07 Å². The van der Waals surface area contributed by atoms with Crippen molar-refractivity contribution >= 4 is 17.5 Å². The zero-order valence-electron chi connectivity index (χ0n) is 10.6. The maximum atomic E-state index is 12.6. The summed E-state index contributed by atoms with van der Waals surface area (Å²) in [5.41, 5.74) is -0.362. The van der Waals surface area contributed by atoms with Gasteiger partial charge in [0, 0.05) is 0 Å². The molecule has 3 rings (SSSR count). The number of para-hydroxylation sites is 1. The highest BCUT2D eigenvalue weighted by Crippen LogP contribution is 2.46. The van der Waals surface area contributed by atoms with Gasteiger partial charge in [-0.1, -0.05) is 30.4 Å². The lowest BCUT2D eigenvalue weighted by Gasteiger charge is -2.30. The van der Waals surface area contributed by atoms with Crippen LogP contribution in [0.15, 0.2) is 42.5 Å². The molecule has 1 aliphatic carbocycles. The summed E-state index contributed by atoms with van der Waals surface area (Å²) >= 11 is 0. The Bertz CT molecular complexity index is 566. The SMILES string of the molecule is CC12C=CCC(O)C1C(=O)N(c1ccccc1)C2=O. The quantitative estimate of drug-likeness (QED) is 0.612. The van der Waals surface area contributed by atoms with E-state index in [0.29, 0.717) is 12.1 Å². The van der Waals surface area contributed by atoms with Crippen LogP contribution in [0.3, 0.4) is 0 Å². The van der Waals surface area contributed by atoms with E-state index in [9.17, 15) is 14.7 Å². The van der Waals surface area contributed by atoms with Crippen molar-refractivity contribution in [1.29, 1.82) is 0 Å². The van der Waals surface area contributed by atoms with Crippen LogP contribution < -0.4 is 4.90 Å². The van der Waals surface area contributed by atoms with Gasteiger partial charge in [0.05, 0.1) is 23.1 Å². The van der Waals surface area contributed by atoms with Crippen LogP contribution in [0.1, 0.15) is 13.3 Å². The average molecular weight is 257 g/mol. The molecule has 1 aromatic carbocycles. The lowest BCUT2D eigenvalue weighted by molar-refractivity contribution is -0.127. The number of aliphatic hydroxyl groups is 1. The second kappa shape index (κ2) is 4.03. The predicted octanol–water partition coefficient (Wildman–Crippen LogP) is 1.50. The monoisotopic (exact) mass is 257 g/mol. The third-order valence-corrected chi connectivity index (χ3v) is 4.04. The predicted molar refractivity (Wildman–Crippen MR) is 70.3 cm³/mol. The zero-order chi connectivity index (χ0) is 13.6. The Labute approximate surface area is 111 Å². The van der Waals surface area contributed by atoms with Crippen molar-refractivity contribution in [2.45, 2.75) is 19.4 Å². The Kier molecular flexibility index (Phi) is 2.57. The maximum Gasteiger partial charge on any atom is 0.244 e. The van der Waals surface area contributed by atoms with Gasteiger partial charge in [-0.3, -0.25) is 9.59 Å². The second-order valence-corrected chi connectivity index (χ2v) is 5.28. The van der Waals surface area contributed by atoms with E-state index in [4.69, 9.17) is 0 Å². The molecule has 1 aromatic rings. The van der Waals surface area contributed by atoms with Crippen molar-refractivity contribution in [3.63, 3.8) is 0 Å². The molecule has 0 spiro atoms. The molecule has 0 radical (unpaired) electrons. The number of amides is 2. The van der Waals surface area contributed by atoms with Gasteiger partial charge in [-0.25, -0.2) is 4.90 Å². The lowest BCUT2D eigenvalue weighted by Crippen LogP contribution is -2.39. The molecule has 1 saturated heterocycles. The van der Waals surface area contributed by atoms with Crippen LogP contribution in [0.2, 0.25) is 0 Å². The minimum Gasteiger partial charge on any atom is -0.392 e. The molecular weight excluding hydrogens is 242 g/mol. The molecule has 19 heavy (non-hydrogen) atoms. The van der Waals surface area contributed by atoms with E-state index in [0.717, 1.165) is 0 Å². The summed E-state index contributed by atoms with van der Waals surface area (Å²) in [5.74, 6) is -1.25. The Balaban J connectivity index is 2.09. The fourth-order valence-electron chi connectivity index (χ4n) is 3.02. The third-order valence-electron chi connectivity index (χ3n) is 4.04. The van der Waals surface area contributed by atoms with Gasteiger partial charge < -0.3 is 5.11 Å². The summed E-state index contributed by atoms with van der Waals surface area (Å²) in [6.07, 6.45) is 3.16. The molecule has 0 saturated carbocycles. The van der Waals surface area contributed by atoms with Crippen LogP contribution in [0, 0.1) is 11.3 Å². The van der Waals surface area contributed by atoms with Crippen molar-refractivity contribution in [2.75, 3.05) is 4.90 Å². The molecule has 1 fully saturated rings. The number of nitrogens with zero attached hydrogens (tertiary/aromatic N) is 1. The summed E-state index contributed by atoms with van der Waals surface area (Å²) in [5, 5.41) is 10.0. The molecule has 2 amide bonds. The molecular formula is C15H15NO3. The molecule has 4 heteroatoms. The van der Waals surface area contributed by atoms with Crippen LogP contribution in [0.4, 0.5) is 5.69 Å². The molecule has 0 bridgehead atoms. The van der Waals surface area contributed by atoms with Gasteiger partial charge in [-0.15, -0.1) is 0 Å². The van der Waals surface area contributed by atoms with E-state index in [1.54, 1.807) is 43.3 Å². The largest absolute Gasteiger partial charge is 0.392 e. The van der Waals surface area contributed by atoms with Crippen LogP contribution in [0.5, 0.6) is 0 Å². The van der Waals surface area contributed by atoms with Crippen LogP contribution in [-0.4, -0.2) is 23.0 Å². The first kappa shape index (κ1) is 12.1. The van der Waals surface area contributed by atoms with E-state index in [2.05, 4.69) is 0 Å². The molecule has 1 N–H and O–H groups in total. The number of rotatable bonds is 1. The lowest BCUT2D eigenvalue weighted by atomic mass is 9.72. The zero-order valence-corrected chi connectivity index (χ0v) is 10.6. The number of carbonyl (C=O) groups is 2. The second-order valence-electron chi connectivity index (χ2n) is 5.28. The number of imide groups is 1. The van der Waals surface area contributed by atoms with Gasteiger partial charge in [-0.05, 0) is 25.5 Å². The Morgan fingerprint density at radius 1 is 1.26 bits per heavy atom. The normalized spacial score (nSPS) is 33.7. The number of aliphatic hydroxyl groups excluding tert-OH is 1. The van der Waals surface area contributed by atoms with Crippen LogP contribution in [-0.2, 0) is 9.59 Å². The Morgan fingerprint density at radius 3 is 2.58 bits per heavy atom. The Morgan fingerprint density at radius 2 is 1.95 bits per heavy atom. The molecule has 2 aliphatic rings. The summed E-state index contributed by atoms with van der Waals surface area (Å²) in [4.78, 5) is 26.2. The molecule has 3 atom stereocenters. The maximum absolute atomic E-state index is 12.6. The highest BCUT2D eigenvalue weighted by Gasteiger charge is 2.59.